The molecule has 4 N–H and O–H groups in total. The van der Waals surface area contributed by atoms with E-state index in [0.717, 1.165) is 48.3 Å². The summed E-state index contributed by atoms with van der Waals surface area (Å²) in [6.07, 6.45) is 19.5. The number of allylic oxidation sites excluding steroid dienone is 1. The van der Waals surface area contributed by atoms with Gasteiger partial charge in [-0.05, 0) is 211 Å². The molecule has 6 rings (SSSR count). The van der Waals surface area contributed by atoms with Crippen LogP contribution in [0.4, 0.5) is 0 Å². The number of phenols is 2. The monoisotopic (exact) mass is 993 g/mol. The van der Waals surface area contributed by atoms with E-state index in [9.17, 15) is 29.4 Å². The summed E-state index contributed by atoms with van der Waals surface area (Å²) in [6.45, 7) is 22.1. The Morgan fingerprint density at radius 1 is 0.725 bits per heavy atom. The lowest BCUT2D eigenvalue weighted by Gasteiger charge is -2.61. The van der Waals surface area contributed by atoms with Crippen molar-refractivity contribution in [1.29, 1.82) is 0 Å². The van der Waals surface area contributed by atoms with E-state index < -0.39 is 59.5 Å². The summed E-state index contributed by atoms with van der Waals surface area (Å²) in [7, 11) is 0. The van der Waals surface area contributed by atoms with Crippen molar-refractivity contribution in [3.63, 3.8) is 0 Å². The Kier molecular flexibility index (Phi) is 17.3. The molecule has 1 unspecified atom stereocenters. The minimum absolute atomic E-state index is 0.101. The van der Waals surface area contributed by atoms with Gasteiger partial charge in [0.15, 0.2) is 0 Å². The predicted octanol–water partition coefficient (Wildman–Crippen LogP) is 13.5. The Labute approximate surface area is 422 Å². The third kappa shape index (κ3) is 13.0. The van der Waals surface area contributed by atoms with Crippen molar-refractivity contribution in [3.8, 4) is 11.5 Å². The molecule has 0 spiro atoms. The van der Waals surface area contributed by atoms with Crippen LogP contribution in [0.3, 0.4) is 0 Å². The van der Waals surface area contributed by atoms with Gasteiger partial charge in [0.25, 0.3) is 11.8 Å². The number of carbonyl (C=O) groups excluding carboxylic acids is 4. The fraction of sp³-hybridized carbons (Fsp3) is 0.684. The Morgan fingerprint density at radius 3 is 1.77 bits per heavy atom. The summed E-state index contributed by atoms with van der Waals surface area (Å²) >= 11 is 13.3. The minimum Gasteiger partial charge on any atom is -0.506 e. The van der Waals surface area contributed by atoms with Crippen LogP contribution in [0.1, 0.15) is 198 Å². The number of hydrogen-bond acceptors (Lipinski definition) is 8. The lowest BCUT2D eigenvalue weighted by atomic mass is 9.44. The first-order valence-corrected chi connectivity index (χ1v) is 26.7. The summed E-state index contributed by atoms with van der Waals surface area (Å²) in [5.41, 5.74) is 0.434. The lowest BCUT2D eigenvalue weighted by molar-refractivity contribution is -0.154. The fourth-order valence-corrected chi connectivity index (χ4v) is 14.0. The van der Waals surface area contributed by atoms with Crippen molar-refractivity contribution in [3.05, 3.63) is 62.6 Å². The molecule has 12 heteroatoms. The molecule has 0 radical (unpaired) electrons. The quantitative estimate of drug-likeness (QED) is 0.121. The van der Waals surface area contributed by atoms with Crippen LogP contribution in [0.5, 0.6) is 11.5 Å². The van der Waals surface area contributed by atoms with E-state index in [4.69, 9.17) is 32.7 Å². The van der Waals surface area contributed by atoms with E-state index in [0.29, 0.717) is 45.8 Å². The van der Waals surface area contributed by atoms with Crippen LogP contribution in [-0.4, -0.2) is 58.3 Å². The van der Waals surface area contributed by atoms with E-state index in [2.05, 4.69) is 45.3 Å². The first-order valence-electron chi connectivity index (χ1n) is 26.0. The number of hydrogen-bond donors (Lipinski definition) is 4. The first kappa shape index (κ1) is 54.6. The van der Waals surface area contributed by atoms with Gasteiger partial charge in [-0.15, -0.1) is 0 Å². The zero-order valence-corrected chi connectivity index (χ0v) is 44.9. The maximum absolute atomic E-state index is 13.6. The van der Waals surface area contributed by atoms with Gasteiger partial charge in [0.05, 0.1) is 21.2 Å². The van der Waals surface area contributed by atoms with Crippen LogP contribution in [0.2, 0.25) is 10.0 Å². The molecule has 2 aromatic rings. The van der Waals surface area contributed by atoms with Crippen LogP contribution in [-0.2, 0) is 19.1 Å². The van der Waals surface area contributed by atoms with Crippen LogP contribution < -0.4 is 10.6 Å². The van der Waals surface area contributed by atoms with Gasteiger partial charge in [0, 0.05) is 0 Å². The van der Waals surface area contributed by atoms with Gasteiger partial charge in [0.2, 0.25) is 0 Å². The smallest absolute Gasteiger partial charge is 0.325 e. The molecule has 0 saturated heterocycles. The SMILES string of the molecule is CC(C)CCCC(C)[C@H]1CC[C@H]2[C@@H]3CC[C@H]4C[C@@H](CCC=C(c5cc(Cl)c(O)c(C(=O)NCC(=O)OC(C)(C)C)c5)c5cc(Cl)c(O)c(C(=O)NCC(=O)OC(C)(C)C)c5)CC[C@]4(C)[C@H]3CC[C@]12C. The second kappa shape index (κ2) is 21.9. The predicted molar refractivity (Wildman–Crippen MR) is 275 cm³/mol. The normalized spacial score (nSPS) is 27.0. The number of aromatic hydroxyl groups is 2. The number of fused-ring (bicyclic) bond motifs is 5. The van der Waals surface area contributed by atoms with E-state index >= 15 is 0 Å². The number of rotatable bonds is 16. The third-order valence-electron chi connectivity index (χ3n) is 16.8. The molecule has 4 saturated carbocycles. The summed E-state index contributed by atoms with van der Waals surface area (Å²) < 4.78 is 10.7. The molecule has 69 heavy (non-hydrogen) atoms. The molecule has 4 aliphatic carbocycles. The van der Waals surface area contributed by atoms with Gasteiger partial charge in [0.1, 0.15) is 35.8 Å². The lowest BCUT2D eigenvalue weighted by Crippen LogP contribution is -2.53. The number of benzene rings is 2. The topological polar surface area (TPSA) is 151 Å². The zero-order valence-electron chi connectivity index (χ0n) is 43.4. The fourth-order valence-electron chi connectivity index (χ4n) is 13.6. The highest BCUT2D eigenvalue weighted by Gasteiger charge is 2.60. The van der Waals surface area contributed by atoms with Crippen molar-refractivity contribution in [1.82, 2.24) is 10.6 Å². The molecule has 4 aliphatic rings. The standard InChI is InChI=1S/C57H82Cl2N2O8/c1-33(2)14-12-15-34(3)43-20-21-44-40-19-18-38-26-35(22-24-56(38,10)45(40)23-25-57(43,44)11)16-13-17-39(36-27-41(50(64)46(58)29-36)52(66)60-31-48(62)68-54(4,5)6)37-28-42(51(65)47(59)30-37)53(67)61-32-49(63)69-55(7,8)9/h17,27-30,33-35,38,40,43-45,64-65H,12-16,18-26,31-32H2,1-11H3,(H,60,66)(H,61,67)/t34?,35-,38-,40-,43+,44-,45-,56-,57+/m0/s1. The highest BCUT2D eigenvalue weighted by Crippen LogP contribution is 2.69. The zero-order chi connectivity index (χ0) is 50.8. The van der Waals surface area contributed by atoms with Crippen molar-refractivity contribution in [2.75, 3.05) is 13.1 Å². The van der Waals surface area contributed by atoms with Gasteiger partial charge in [-0.2, -0.15) is 0 Å². The van der Waals surface area contributed by atoms with Crippen molar-refractivity contribution < 1.29 is 38.9 Å². The second-order valence-corrected chi connectivity index (χ2v) is 25.1. The molecule has 382 valence electrons. The Hall–Kier alpha value is -3.76. The second-order valence-electron chi connectivity index (χ2n) is 24.3. The van der Waals surface area contributed by atoms with Gasteiger partial charge in [-0.25, -0.2) is 0 Å². The number of amides is 2. The highest BCUT2D eigenvalue weighted by molar-refractivity contribution is 6.33. The number of halogens is 2. The van der Waals surface area contributed by atoms with Gasteiger partial charge in [-0.3, -0.25) is 19.2 Å². The Morgan fingerprint density at radius 2 is 1.25 bits per heavy atom. The van der Waals surface area contributed by atoms with Crippen LogP contribution in [0.25, 0.3) is 5.57 Å². The largest absolute Gasteiger partial charge is 0.506 e. The van der Waals surface area contributed by atoms with E-state index in [1.54, 1.807) is 41.5 Å². The minimum atomic E-state index is -0.761. The number of ether oxygens (including phenoxy) is 2. The number of nitrogens with one attached hydrogen (secondary N) is 2. The third-order valence-corrected chi connectivity index (χ3v) is 17.3. The van der Waals surface area contributed by atoms with Crippen molar-refractivity contribution in [2.24, 2.45) is 58.2 Å². The molecular weight excluding hydrogens is 912 g/mol. The van der Waals surface area contributed by atoms with E-state index in [1.807, 2.05) is 6.08 Å². The molecule has 2 amide bonds. The van der Waals surface area contributed by atoms with Gasteiger partial charge < -0.3 is 30.3 Å². The maximum atomic E-state index is 13.6. The molecule has 0 heterocycles. The molecular formula is C57H82Cl2N2O8. The average molecular weight is 994 g/mol. The summed E-state index contributed by atoms with van der Waals surface area (Å²) in [5.74, 6) is 2.42. The number of phenolic OH excluding ortho intramolecular Hbond substituents is 2. The highest BCUT2D eigenvalue weighted by atomic mass is 35.5. The van der Waals surface area contributed by atoms with Crippen LogP contribution in [0, 0.1) is 58.2 Å². The molecule has 0 aromatic heterocycles. The number of carbonyl (C=O) groups is 4. The van der Waals surface area contributed by atoms with Crippen LogP contribution >= 0.6 is 23.2 Å². The van der Waals surface area contributed by atoms with Crippen molar-refractivity contribution >= 4 is 52.5 Å². The average Bonchev–Trinajstić information content (AvgIpc) is 3.61. The van der Waals surface area contributed by atoms with Crippen molar-refractivity contribution in [2.45, 2.75) is 177 Å². The molecule has 0 bridgehead atoms. The maximum Gasteiger partial charge on any atom is 0.325 e. The van der Waals surface area contributed by atoms with Crippen LogP contribution in [0.15, 0.2) is 30.3 Å². The Bertz CT molecular complexity index is 2140. The van der Waals surface area contributed by atoms with E-state index in [1.165, 1.54) is 94.9 Å². The Balaban J connectivity index is 1.22. The molecule has 9 atom stereocenters. The molecule has 0 aliphatic heterocycles. The molecule has 2 aromatic carbocycles. The van der Waals surface area contributed by atoms with E-state index in [-0.39, 0.29) is 21.2 Å². The summed E-state index contributed by atoms with van der Waals surface area (Å²) in [4.78, 5) is 52.1. The first-order chi connectivity index (χ1) is 32.2. The summed E-state index contributed by atoms with van der Waals surface area (Å²) in [5, 5.41) is 27.0. The molecule has 10 nitrogen and oxygen atoms in total. The van der Waals surface area contributed by atoms with Gasteiger partial charge >= 0.3 is 11.9 Å². The number of esters is 2. The summed E-state index contributed by atoms with van der Waals surface area (Å²) in [6, 6.07) is 6.05. The molecule has 4 fully saturated rings. The van der Waals surface area contributed by atoms with Gasteiger partial charge in [-0.1, -0.05) is 83.2 Å².